The van der Waals surface area contributed by atoms with Crippen LogP contribution in [0.5, 0.6) is 0 Å². The first kappa shape index (κ1) is 15.5. The maximum absolute atomic E-state index is 14.8. The molecule has 0 radical (unpaired) electrons. The van der Waals surface area contributed by atoms with E-state index in [1.165, 1.54) is 12.1 Å². The molecule has 23 heavy (non-hydrogen) atoms. The molecule has 2 aromatic carbocycles. The highest BCUT2D eigenvalue weighted by Gasteiger charge is 2.59. The standard InChI is InChI=1S/C15H13FN4O2S/c16-15(18-19-17)11-20(14(15)12-7-3-1-4-8-12)23(21,22)13-9-5-2-6-10-13/h1-10,14H,11H2/t14-,15-/m0/s1. The van der Waals surface area contributed by atoms with Gasteiger partial charge in [0, 0.05) is 4.91 Å². The van der Waals surface area contributed by atoms with Crippen LogP contribution < -0.4 is 0 Å². The third-order valence-corrected chi connectivity index (χ3v) is 5.59. The van der Waals surface area contributed by atoms with Crippen LogP contribution in [0.1, 0.15) is 11.6 Å². The molecule has 1 fully saturated rings. The molecule has 6 nitrogen and oxygen atoms in total. The number of halogens is 1. The first-order chi connectivity index (χ1) is 11.0. The Bertz CT molecular complexity index is 854. The molecule has 0 amide bonds. The number of hydrogen-bond acceptors (Lipinski definition) is 3. The minimum absolute atomic E-state index is 0.0731. The van der Waals surface area contributed by atoms with Crippen molar-refractivity contribution in [1.29, 1.82) is 0 Å². The van der Waals surface area contributed by atoms with E-state index < -0.39 is 28.4 Å². The predicted octanol–water partition coefficient (Wildman–Crippen LogP) is 3.41. The van der Waals surface area contributed by atoms with Crippen LogP contribution in [0.3, 0.4) is 0 Å². The molecule has 2 aromatic rings. The Balaban J connectivity index is 2.05. The van der Waals surface area contributed by atoms with E-state index in [4.69, 9.17) is 5.53 Å². The highest BCUT2D eigenvalue weighted by Crippen LogP contribution is 2.48. The summed E-state index contributed by atoms with van der Waals surface area (Å²) >= 11 is 0. The molecule has 0 spiro atoms. The zero-order valence-electron chi connectivity index (χ0n) is 11.9. The molecule has 0 bridgehead atoms. The fraction of sp³-hybridized carbons (Fsp3) is 0.200. The summed E-state index contributed by atoms with van der Waals surface area (Å²) in [6.45, 7) is -0.506. The average Bonchev–Trinajstić information content (AvgIpc) is 2.55. The van der Waals surface area contributed by atoms with Crippen LogP contribution in [-0.4, -0.2) is 25.1 Å². The average molecular weight is 332 g/mol. The van der Waals surface area contributed by atoms with E-state index >= 15 is 0 Å². The molecular weight excluding hydrogens is 319 g/mol. The molecule has 3 rings (SSSR count). The first-order valence-electron chi connectivity index (χ1n) is 6.86. The third-order valence-electron chi connectivity index (χ3n) is 3.76. The third kappa shape index (κ3) is 2.57. The van der Waals surface area contributed by atoms with E-state index in [0.29, 0.717) is 5.56 Å². The van der Waals surface area contributed by atoms with Crippen molar-refractivity contribution in [2.45, 2.75) is 16.7 Å². The van der Waals surface area contributed by atoms with Gasteiger partial charge in [-0.2, -0.15) is 4.31 Å². The van der Waals surface area contributed by atoms with Gasteiger partial charge in [-0.15, -0.1) is 0 Å². The fourth-order valence-corrected chi connectivity index (χ4v) is 4.36. The van der Waals surface area contributed by atoms with Crippen LogP contribution >= 0.6 is 0 Å². The van der Waals surface area contributed by atoms with Gasteiger partial charge in [0.15, 0.2) is 0 Å². The Labute approximate surface area is 132 Å². The van der Waals surface area contributed by atoms with Gasteiger partial charge < -0.3 is 0 Å². The quantitative estimate of drug-likeness (QED) is 0.372. The second kappa shape index (κ2) is 5.66. The lowest BCUT2D eigenvalue weighted by atomic mass is 9.90. The van der Waals surface area contributed by atoms with Crippen LogP contribution in [0.4, 0.5) is 4.39 Å². The SMILES string of the molecule is [N-]=[N+]=N[C@@]1(F)CN(S(=O)(=O)c2ccccc2)[C@H]1c1ccccc1. The Morgan fingerprint density at radius 3 is 2.26 bits per heavy atom. The monoisotopic (exact) mass is 332 g/mol. The molecule has 8 heteroatoms. The van der Waals surface area contributed by atoms with Crippen molar-refractivity contribution < 1.29 is 12.8 Å². The Kier molecular flexibility index (Phi) is 3.81. The Morgan fingerprint density at radius 2 is 1.70 bits per heavy atom. The number of nitrogens with zero attached hydrogens (tertiary/aromatic N) is 4. The molecule has 1 aliphatic rings. The Hall–Kier alpha value is -2.41. The molecule has 0 saturated carbocycles. The van der Waals surface area contributed by atoms with E-state index in [-0.39, 0.29) is 4.90 Å². The molecule has 2 atom stereocenters. The van der Waals surface area contributed by atoms with Crippen molar-refractivity contribution in [1.82, 2.24) is 4.31 Å². The van der Waals surface area contributed by atoms with Crippen molar-refractivity contribution in [3.63, 3.8) is 0 Å². The van der Waals surface area contributed by atoms with Crippen LogP contribution in [0.15, 0.2) is 70.7 Å². The highest BCUT2D eigenvalue weighted by atomic mass is 32.2. The summed E-state index contributed by atoms with van der Waals surface area (Å²) in [6.07, 6.45) is 0. The summed E-state index contributed by atoms with van der Waals surface area (Å²) in [4.78, 5) is 2.60. The smallest absolute Gasteiger partial charge is 0.234 e. The maximum atomic E-state index is 14.8. The lowest BCUT2D eigenvalue weighted by Crippen LogP contribution is -2.61. The number of benzene rings is 2. The zero-order chi connectivity index (χ0) is 16.5. The summed E-state index contributed by atoms with van der Waals surface area (Å²) in [5, 5.41) is 3.18. The van der Waals surface area contributed by atoms with Gasteiger partial charge >= 0.3 is 0 Å². The van der Waals surface area contributed by atoms with Crippen LogP contribution in [0, 0.1) is 0 Å². The number of azide groups is 1. The van der Waals surface area contributed by atoms with Gasteiger partial charge in [0.05, 0.1) is 17.5 Å². The maximum Gasteiger partial charge on any atom is 0.243 e. The van der Waals surface area contributed by atoms with E-state index in [9.17, 15) is 12.8 Å². The van der Waals surface area contributed by atoms with Gasteiger partial charge in [0.1, 0.15) is 0 Å². The van der Waals surface area contributed by atoms with Gasteiger partial charge in [-0.1, -0.05) is 48.5 Å². The second-order valence-electron chi connectivity index (χ2n) is 5.18. The van der Waals surface area contributed by atoms with Crippen molar-refractivity contribution in [2.75, 3.05) is 6.54 Å². The zero-order valence-corrected chi connectivity index (χ0v) is 12.8. The van der Waals surface area contributed by atoms with E-state index in [0.717, 1.165) is 4.31 Å². The number of sulfonamides is 1. The van der Waals surface area contributed by atoms with Crippen LogP contribution in [0.25, 0.3) is 10.4 Å². The predicted molar refractivity (Wildman–Crippen MR) is 82.5 cm³/mol. The summed E-state index contributed by atoms with van der Waals surface area (Å²) < 4.78 is 41.3. The highest BCUT2D eigenvalue weighted by molar-refractivity contribution is 7.89. The topological polar surface area (TPSA) is 86.1 Å². The summed E-state index contributed by atoms with van der Waals surface area (Å²) in [5.74, 6) is -2.29. The fourth-order valence-electron chi connectivity index (χ4n) is 2.67. The molecule has 1 aliphatic heterocycles. The summed E-state index contributed by atoms with van der Waals surface area (Å²) in [5.41, 5.74) is 9.03. The Morgan fingerprint density at radius 1 is 1.13 bits per heavy atom. The van der Waals surface area contributed by atoms with Crippen molar-refractivity contribution in [2.24, 2.45) is 5.11 Å². The first-order valence-corrected chi connectivity index (χ1v) is 8.30. The largest absolute Gasteiger partial charge is 0.243 e. The van der Waals surface area contributed by atoms with E-state index in [1.807, 2.05) is 0 Å². The van der Waals surface area contributed by atoms with Crippen LogP contribution in [-0.2, 0) is 10.0 Å². The van der Waals surface area contributed by atoms with E-state index in [2.05, 4.69) is 10.0 Å². The minimum atomic E-state index is -3.88. The molecule has 0 unspecified atom stereocenters. The van der Waals surface area contributed by atoms with Crippen molar-refractivity contribution in [3.05, 3.63) is 76.7 Å². The summed E-state index contributed by atoms with van der Waals surface area (Å²) in [7, 11) is -3.88. The molecule has 118 valence electrons. The molecule has 0 N–H and O–H groups in total. The van der Waals surface area contributed by atoms with Crippen molar-refractivity contribution in [3.8, 4) is 0 Å². The normalized spacial score (nSPS) is 24.5. The van der Waals surface area contributed by atoms with Gasteiger partial charge in [-0.05, 0) is 28.3 Å². The second-order valence-corrected chi connectivity index (χ2v) is 7.08. The van der Waals surface area contributed by atoms with Gasteiger partial charge in [0.2, 0.25) is 15.8 Å². The minimum Gasteiger partial charge on any atom is -0.234 e. The number of rotatable bonds is 4. The van der Waals surface area contributed by atoms with Crippen molar-refractivity contribution >= 4 is 10.0 Å². The number of hydrogen-bond donors (Lipinski definition) is 0. The van der Waals surface area contributed by atoms with Crippen LogP contribution in [0.2, 0.25) is 0 Å². The lowest BCUT2D eigenvalue weighted by Gasteiger charge is -2.48. The van der Waals surface area contributed by atoms with Gasteiger partial charge in [0.25, 0.3) is 0 Å². The number of alkyl halides is 1. The van der Waals surface area contributed by atoms with Gasteiger partial charge in [-0.3, -0.25) is 0 Å². The summed E-state index contributed by atoms with van der Waals surface area (Å²) in [6, 6.07) is 14.9. The lowest BCUT2D eigenvalue weighted by molar-refractivity contribution is -0.0418. The molecule has 1 saturated heterocycles. The molecule has 0 aliphatic carbocycles. The molecule has 0 aromatic heterocycles. The van der Waals surface area contributed by atoms with Gasteiger partial charge in [-0.25, -0.2) is 12.8 Å². The molecule has 1 heterocycles. The molecular formula is C15H13FN4O2S. The van der Waals surface area contributed by atoms with E-state index in [1.54, 1.807) is 48.5 Å².